The van der Waals surface area contributed by atoms with E-state index in [2.05, 4.69) is 23.7 Å². The predicted octanol–water partition coefficient (Wildman–Crippen LogP) is 3.28. The lowest BCUT2D eigenvalue weighted by atomic mass is 9.87. The number of benzene rings is 1. The fraction of sp³-hybridized carbons (Fsp3) is 0.533. The predicted molar refractivity (Wildman–Crippen MR) is 78.2 cm³/mol. The number of hydrogen-bond acceptors (Lipinski definition) is 4. The monoisotopic (exact) mass is 259 g/mol. The second-order valence-corrected chi connectivity index (χ2v) is 5.76. The topological polar surface area (TPSA) is 55.3 Å². The van der Waals surface area contributed by atoms with Crippen LogP contribution in [0.1, 0.15) is 26.7 Å². The molecule has 0 bridgehead atoms. The van der Waals surface area contributed by atoms with E-state index in [1.165, 1.54) is 12.8 Å². The summed E-state index contributed by atoms with van der Waals surface area (Å²) in [7, 11) is 0. The quantitative estimate of drug-likeness (QED) is 0.841. The molecule has 0 atom stereocenters. The number of para-hydroxylation sites is 1. The Bertz CT molecular complexity index is 568. The minimum atomic E-state index is 0.685. The van der Waals surface area contributed by atoms with Gasteiger partial charge in [-0.1, -0.05) is 19.9 Å². The van der Waals surface area contributed by atoms with Crippen molar-refractivity contribution in [2.45, 2.75) is 26.7 Å². The zero-order valence-corrected chi connectivity index (χ0v) is 11.6. The lowest BCUT2D eigenvalue weighted by Crippen LogP contribution is -2.35. The van der Waals surface area contributed by atoms with Crippen molar-refractivity contribution in [3.63, 3.8) is 0 Å². The number of nitrogens with two attached hydrogens (primary N) is 1. The second kappa shape index (κ2) is 4.76. The number of rotatable bonds is 2. The molecular formula is C15H21N3O. The highest BCUT2D eigenvalue weighted by atomic mass is 16.4. The van der Waals surface area contributed by atoms with Crippen LogP contribution in [-0.4, -0.2) is 18.1 Å². The van der Waals surface area contributed by atoms with Crippen LogP contribution in [0.4, 0.5) is 11.7 Å². The highest BCUT2D eigenvalue weighted by molar-refractivity contribution is 5.86. The van der Waals surface area contributed by atoms with Crippen LogP contribution in [0.2, 0.25) is 0 Å². The molecular weight excluding hydrogens is 238 g/mol. The van der Waals surface area contributed by atoms with Crippen LogP contribution in [0.25, 0.3) is 11.1 Å². The maximum Gasteiger partial charge on any atom is 0.298 e. The first-order valence-electron chi connectivity index (χ1n) is 7.05. The maximum absolute atomic E-state index is 5.92. The third-order valence-corrected chi connectivity index (χ3v) is 4.19. The Morgan fingerprint density at radius 2 is 2.05 bits per heavy atom. The molecule has 2 heterocycles. The molecule has 1 aromatic heterocycles. The SMILES string of the molecule is CC(C)C1CCN(c2nc3c(N)cccc3o2)CC1. The van der Waals surface area contributed by atoms with Gasteiger partial charge in [-0.05, 0) is 36.8 Å². The molecule has 3 rings (SSSR count). The van der Waals surface area contributed by atoms with Crippen molar-refractivity contribution in [3.05, 3.63) is 18.2 Å². The summed E-state index contributed by atoms with van der Waals surface area (Å²) in [5, 5.41) is 0. The number of nitrogen functional groups attached to an aromatic ring is 1. The van der Waals surface area contributed by atoms with E-state index in [1.54, 1.807) is 0 Å². The number of piperidine rings is 1. The first-order valence-corrected chi connectivity index (χ1v) is 7.05. The molecule has 2 aromatic rings. The highest BCUT2D eigenvalue weighted by Crippen LogP contribution is 2.30. The van der Waals surface area contributed by atoms with E-state index in [0.717, 1.165) is 42.0 Å². The van der Waals surface area contributed by atoms with E-state index in [-0.39, 0.29) is 0 Å². The summed E-state index contributed by atoms with van der Waals surface area (Å²) < 4.78 is 5.82. The minimum Gasteiger partial charge on any atom is -0.423 e. The van der Waals surface area contributed by atoms with Gasteiger partial charge in [-0.3, -0.25) is 0 Å². The van der Waals surface area contributed by atoms with Crippen LogP contribution < -0.4 is 10.6 Å². The Hall–Kier alpha value is -1.71. The summed E-state index contributed by atoms with van der Waals surface area (Å²) in [6.45, 7) is 6.66. The van der Waals surface area contributed by atoms with Gasteiger partial charge in [0.25, 0.3) is 6.01 Å². The summed E-state index contributed by atoms with van der Waals surface area (Å²) in [5.41, 5.74) is 8.16. The highest BCUT2D eigenvalue weighted by Gasteiger charge is 2.24. The molecule has 19 heavy (non-hydrogen) atoms. The van der Waals surface area contributed by atoms with E-state index >= 15 is 0 Å². The van der Waals surface area contributed by atoms with Crippen LogP contribution in [-0.2, 0) is 0 Å². The van der Waals surface area contributed by atoms with Gasteiger partial charge in [-0.2, -0.15) is 4.98 Å². The number of oxazole rings is 1. The van der Waals surface area contributed by atoms with Crippen molar-refractivity contribution < 1.29 is 4.42 Å². The summed E-state index contributed by atoms with van der Waals surface area (Å²) in [5.74, 6) is 1.59. The number of hydrogen-bond donors (Lipinski definition) is 1. The molecule has 0 radical (unpaired) electrons. The molecule has 0 amide bonds. The van der Waals surface area contributed by atoms with E-state index < -0.39 is 0 Å². The molecule has 102 valence electrons. The number of aromatic nitrogens is 1. The van der Waals surface area contributed by atoms with Gasteiger partial charge in [0.05, 0.1) is 5.69 Å². The zero-order valence-electron chi connectivity index (χ0n) is 11.6. The third kappa shape index (κ3) is 2.27. The Morgan fingerprint density at radius 1 is 1.32 bits per heavy atom. The van der Waals surface area contributed by atoms with Crippen LogP contribution in [0.15, 0.2) is 22.6 Å². The fourth-order valence-corrected chi connectivity index (χ4v) is 2.85. The van der Waals surface area contributed by atoms with Gasteiger partial charge in [-0.25, -0.2) is 0 Å². The molecule has 2 N–H and O–H groups in total. The lowest BCUT2D eigenvalue weighted by molar-refractivity contribution is 0.305. The van der Waals surface area contributed by atoms with Gasteiger partial charge in [0.15, 0.2) is 5.58 Å². The number of nitrogens with zero attached hydrogens (tertiary/aromatic N) is 2. The fourth-order valence-electron chi connectivity index (χ4n) is 2.85. The van der Waals surface area contributed by atoms with Crippen molar-refractivity contribution in [1.82, 2.24) is 4.98 Å². The Morgan fingerprint density at radius 3 is 2.68 bits per heavy atom. The van der Waals surface area contributed by atoms with Gasteiger partial charge in [0.2, 0.25) is 0 Å². The van der Waals surface area contributed by atoms with Crippen molar-refractivity contribution >= 4 is 22.8 Å². The summed E-state index contributed by atoms with van der Waals surface area (Å²) in [6.07, 6.45) is 2.43. The summed E-state index contributed by atoms with van der Waals surface area (Å²) in [6, 6.07) is 6.40. The molecule has 1 fully saturated rings. The van der Waals surface area contributed by atoms with E-state index in [1.807, 2.05) is 18.2 Å². The minimum absolute atomic E-state index is 0.685. The standard InChI is InChI=1S/C15H21N3O/c1-10(2)11-6-8-18(9-7-11)15-17-14-12(16)4-3-5-13(14)19-15/h3-5,10-11H,6-9,16H2,1-2H3. The molecule has 0 spiro atoms. The van der Waals surface area contributed by atoms with Gasteiger partial charge < -0.3 is 15.1 Å². The summed E-state index contributed by atoms with van der Waals surface area (Å²) in [4.78, 5) is 6.77. The van der Waals surface area contributed by atoms with Crippen molar-refractivity contribution in [3.8, 4) is 0 Å². The molecule has 1 aliphatic rings. The average molecular weight is 259 g/mol. The van der Waals surface area contributed by atoms with E-state index in [0.29, 0.717) is 5.69 Å². The average Bonchev–Trinajstić information content (AvgIpc) is 2.84. The largest absolute Gasteiger partial charge is 0.423 e. The van der Waals surface area contributed by atoms with Crippen molar-refractivity contribution in [2.75, 3.05) is 23.7 Å². The van der Waals surface area contributed by atoms with Crippen molar-refractivity contribution in [2.24, 2.45) is 11.8 Å². The van der Waals surface area contributed by atoms with Gasteiger partial charge in [0, 0.05) is 13.1 Å². The van der Waals surface area contributed by atoms with E-state index in [9.17, 15) is 0 Å². The third-order valence-electron chi connectivity index (χ3n) is 4.19. The number of fused-ring (bicyclic) bond motifs is 1. The molecule has 1 saturated heterocycles. The second-order valence-electron chi connectivity index (χ2n) is 5.76. The van der Waals surface area contributed by atoms with Crippen molar-refractivity contribution in [1.29, 1.82) is 0 Å². The van der Waals surface area contributed by atoms with Gasteiger partial charge in [0.1, 0.15) is 5.52 Å². The Labute approximate surface area is 113 Å². The van der Waals surface area contributed by atoms with Gasteiger partial charge in [-0.15, -0.1) is 0 Å². The van der Waals surface area contributed by atoms with Crippen LogP contribution in [0.3, 0.4) is 0 Å². The normalized spacial score (nSPS) is 17.5. The molecule has 0 unspecified atom stereocenters. The smallest absolute Gasteiger partial charge is 0.298 e. The Balaban J connectivity index is 1.80. The molecule has 1 aliphatic heterocycles. The molecule has 0 saturated carbocycles. The zero-order chi connectivity index (χ0) is 13.4. The maximum atomic E-state index is 5.92. The summed E-state index contributed by atoms with van der Waals surface area (Å²) >= 11 is 0. The first kappa shape index (κ1) is 12.3. The molecule has 1 aromatic carbocycles. The van der Waals surface area contributed by atoms with Crippen LogP contribution >= 0.6 is 0 Å². The molecule has 4 heteroatoms. The Kier molecular flexibility index (Phi) is 3.09. The molecule has 4 nitrogen and oxygen atoms in total. The first-order chi connectivity index (χ1) is 9.15. The van der Waals surface area contributed by atoms with Gasteiger partial charge >= 0.3 is 0 Å². The van der Waals surface area contributed by atoms with Crippen LogP contribution in [0.5, 0.6) is 0 Å². The molecule has 0 aliphatic carbocycles. The van der Waals surface area contributed by atoms with E-state index in [4.69, 9.17) is 10.2 Å². The van der Waals surface area contributed by atoms with Crippen LogP contribution in [0, 0.1) is 11.8 Å². The lowest BCUT2D eigenvalue weighted by Gasteiger charge is -2.32. The number of anilines is 2.